The van der Waals surface area contributed by atoms with Crippen LogP contribution < -0.4 is 14.2 Å². The van der Waals surface area contributed by atoms with Crippen molar-refractivity contribution in [2.24, 2.45) is 0 Å². The number of benzene rings is 1. The van der Waals surface area contributed by atoms with Crippen molar-refractivity contribution < 1.29 is 19.0 Å². The Labute approximate surface area is 145 Å². The van der Waals surface area contributed by atoms with Crippen LogP contribution in [0.5, 0.6) is 11.5 Å². The minimum Gasteiger partial charge on any atom is -0.618 e. The van der Waals surface area contributed by atoms with Crippen molar-refractivity contribution in [3.8, 4) is 11.5 Å². The molecule has 0 bridgehead atoms. The van der Waals surface area contributed by atoms with Crippen molar-refractivity contribution in [2.75, 3.05) is 27.0 Å². The van der Waals surface area contributed by atoms with E-state index in [9.17, 15) is 10.0 Å². The zero-order valence-corrected chi connectivity index (χ0v) is 14.7. The second kappa shape index (κ2) is 8.44. The summed E-state index contributed by atoms with van der Waals surface area (Å²) in [5, 5.41) is 12.1. The molecule has 0 fully saturated rings. The van der Waals surface area contributed by atoms with Gasteiger partial charge in [-0.25, -0.2) is 0 Å². The molecule has 0 spiro atoms. The lowest BCUT2D eigenvalue weighted by molar-refractivity contribution is -0.645. The number of ether oxygens (including phenoxy) is 2. The highest BCUT2D eigenvalue weighted by molar-refractivity contribution is 7.99. The van der Waals surface area contributed by atoms with E-state index in [1.165, 1.54) is 18.0 Å². The minimum absolute atomic E-state index is 0.0678. The molecule has 6 nitrogen and oxygen atoms in total. The smallest absolute Gasteiger partial charge is 0.251 e. The van der Waals surface area contributed by atoms with Gasteiger partial charge in [-0.2, -0.15) is 4.73 Å². The fourth-order valence-electron chi connectivity index (χ4n) is 2.10. The Morgan fingerprint density at radius 2 is 2.04 bits per heavy atom. The largest absolute Gasteiger partial charge is 0.618 e. The summed E-state index contributed by atoms with van der Waals surface area (Å²) < 4.78 is 11.3. The summed E-state index contributed by atoms with van der Waals surface area (Å²) in [4.78, 5) is 13.9. The molecule has 128 valence electrons. The van der Waals surface area contributed by atoms with Crippen LogP contribution in [0.4, 0.5) is 0 Å². The van der Waals surface area contributed by atoms with Gasteiger partial charge >= 0.3 is 0 Å². The molecule has 1 amide bonds. The van der Waals surface area contributed by atoms with Crippen molar-refractivity contribution in [3.63, 3.8) is 0 Å². The molecular weight excluding hydrogens is 328 g/mol. The normalized spacial score (nSPS) is 10.3. The summed E-state index contributed by atoms with van der Waals surface area (Å²) in [7, 11) is 4.90. The van der Waals surface area contributed by atoms with Crippen molar-refractivity contribution >= 4 is 17.7 Å². The zero-order valence-electron chi connectivity index (χ0n) is 13.9. The third kappa shape index (κ3) is 4.55. The Balaban J connectivity index is 1.98. The van der Waals surface area contributed by atoms with Gasteiger partial charge in [0.15, 0.2) is 6.20 Å². The Kier molecular flexibility index (Phi) is 6.31. The number of carbonyl (C=O) groups is 1. The van der Waals surface area contributed by atoms with Gasteiger partial charge in [-0.3, -0.25) is 4.79 Å². The molecule has 7 heteroatoms. The predicted octanol–water partition coefficient (Wildman–Crippen LogP) is 2.09. The van der Waals surface area contributed by atoms with Crippen molar-refractivity contribution in [2.45, 2.75) is 11.6 Å². The third-order valence-corrected chi connectivity index (χ3v) is 4.46. The fourth-order valence-corrected chi connectivity index (χ4v) is 2.95. The molecule has 0 radical (unpaired) electrons. The Hall–Kier alpha value is -2.41. The van der Waals surface area contributed by atoms with Gasteiger partial charge in [0.2, 0.25) is 5.91 Å². The van der Waals surface area contributed by atoms with E-state index in [1.807, 2.05) is 12.1 Å². The van der Waals surface area contributed by atoms with E-state index < -0.39 is 0 Å². The highest BCUT2D eigenvalue weighted by atomic mass is 32.2. The Morgan fingerprint density at radius 3 is 2.71 bits per heavy atom. The minimum atomic E-state index is -0.0678. The van der Waals surface area contributed by atoms with Crippen LogP contribution in [-0.4, -0.2) is 37.8 Å². The maximum Gasteiger partial charge on any atom is 0.251 e. The number of nitrogens with zero attached hydrogens (tertiary/aromatic N) is 2. The lowest BCUT2D eigenvalue weighted by Crippen LogP contribution is -2.31. The third-order valence-electron chi connectivity index (χ3n) is 3.46. The van der Waals surface area contributed by atoms with Gasteiger partial charge in [-0.05, 0) is 30.0 Å². The molecule has 0 aliphatic carbocycles. The van der Waals surface area contributed by atoms with Gasteiger partial charge in [0.25, 0.3) is 5.03 Å². The molecule has 0 aliphatic heterocycles. The summed E-state index contributed by atoms with van der Waals surface area (Å²) >= 11 is 1.22. The van der Waals surface area contributed by atoms with Crippen LogP contribution in [0.1, 0.15) is 5.56 Å². The first-order valence-electron chi connectivity index (χ1n) is 7.31. The highest BCUT2D eigenvalue weighted by Gasteiger charge is 2.15. The lowest BCUT2D eigenvalue weighted by atomic mass is 10.2. The Bertz CT molecular complexity index is 709. The van der Waals surface area contributed by atoms with Gasteiger partial charge in [0.1, 0.15) is 11.5 Å². The lowest BCUT2D eigenvalue weighted by Gasteiger charge is -2.19. The molecule has 0 atom stereocenters. The first-order valence-corrected chi connectivity index (χ1v) is 8.29. The van der Waals surface area contributed by atoms with Crippen molar-refractivity contribution in [1.82, 2.24) is 4.90 Å². The number of rotatable bonds is 7. The number of carbonyl (C=O) groups excluding carboxylic acids is 1. The molecule has 0 unspecified atom stereocenters. The van der Waals surface area contributed by atoms with Crippen molar-refractivity contribution in [3.05, 3.63) is 53.4 Å². The van der Waals surface area contributed by atoms with Crippen LogP contribution in [0.25, 0.3) is 0 Å². The van der Waals surface area contributed by atoms with E-state index in [4.69, 9.17) is 9.47 Å². The van der Waals surface area contributed by atoms with E-state index >= 15 is 0 Å². The molecular formula is C17H20N2O4S. The number of methoxy groups -OCH3 is 2. The van der Waals surface area contributed by atoms with Gasteiger partial charge in [0, 0.05) is 37.4 Å². The number of pyridine rings is 1. The molecule has 0 N–H and O–H groups in total. The van der Waals surface area contributed by atoms with Gasteiger partial charge in [-0.1, -0.05) is 0 Å². The predicted molar refractivity (Wildman–Crippen MR) is 92.1 cm³/mol. The summed E-state index contributed by atoms with van der Waals surface area (Å²) in [5.74, 6) is 1.49. The molecule has 2 rings (SSSR count). The summed E-state index contributed by atoms with van der Waals surface area (Å²) in [6.45, 7) is 0.415. The number of hydrogen-bond acceptors (Lipinski definition) is 5. The zero-order chi connectivity index (χ0) is 17.5. The topological polar surface area (TPSA) is 65.7 Å². The molecule has 1 aromatic heterocycles. The van der Waals surface area contributed by atoms with Gasteiger partial charge < -0.3 is 19.6 Å². The van der Waals surface area contributed by atoms with E-state index in [0.717, 1.165) is 10.3 Å². The monoisotopic (exact) mass is 348 g/mol. The number of hydrogen-bond donors (Lipinski definition) is 0. The first-order chi connectivity index (χ1) is 11.5. The maximum absolute atomic E-state index is 12.3. The van der Waals surface area contributed by atoms with Crippen LogP contribution in [0.2, 0.25) is 0 Å². The molecule has 1 aromatic carbocycles. The summed E-state index contributed by atoms with van der Waals surface area (Å²) in [6, 6.07) is 10.6. The molecule has 0 saturated heterocycles. The van der Waals surface area contributed by atoms with E-state index in [2.05, 4.69) is 0 Å². The summed E-state index contributed by atoms with van der Waals surface area (Å²) in [5.41, 5.74) is 0.887. The fraction of sp³-hybridized carbons (Fsp3) is 0.294. The van der Waals surface area contributed by atoms with E-state index in [1.54, 1.807) is 50.4 Å². The van der Waals surface area contributed by atoms with Gasteiger partial charge in [-0.15, -0.1) is 0 Å². The molecule has 1 heterocycles. The van der Waals surface area contributed by atoms with Gasteiger partial charge in [0.05, 0.1) is 20.0 Å². The van der Waals surface area contributed by atoms with E-state index in [0.29, 0.717) is 23.1 Å². The van der Waals surface area contributed by atoms with Crippen molar-refractivity contribution in [1.29, 1.82) is 0 Å². The number of aromatic nitrogens is 1. The molecule has 0 saturated carbocycles. The van der Waals surface area contributed by atoms with Crippen LogP contribution in [0.15, 0.2) is 47.6 Å². The van der Waals surface area contributed by atoms with Crippen LogP contribution in [-0.2, 0) is 11.3 Å². The average molecular weight is 348 g/mol. The summed E-state index contributed by atoms with van der Waals surface area (Å²) in [6.07, 6.45) is 1.42. The van der Waals surface area contributed by atoms with Crippen LogP contribution >= 0.6 is 11.8 Å². The quantitative estimate of drug-likeness (QED) is 0.435. The van der Waals surface area contributed by atoms with Crippen LogP contribution in [0, 0.1) is 5.21 Å². The standard InChI is InChI=1S/C17H20N2O4S/c1-18(11-13-7-8-14(22-2)10-15(13)23-3)16(20)12-24-17-6-4-5-9-19(17)21/h4-10H,11-12H2,1-3H3. The molecule has 24 heavy (non-hydrogen) atoms. The maximum atomic E-state index is 12.3. The number of thioether (sulfide) groups is 1. The van der Waals surface area contributed by atoms with Crippen LogP contribution in [0.3, 0.4) is 0 Å². The Morgan fingerprint density at radius 1 is 1.25 bits per heavy atom. The first kappa shape index (κ1) is 17.9. The van der Waals surface area contributed by atoms with E-state index in [-0.39, 0.29) is 11.7 Å². The second-order valence-electron chi connectivity index (χ2n) is 5.08. The highest BCUT2D eigenvalue weighted by Crippen LogP contribution is 2.25. The SMILES string of the molecule is COc1ccc(CN(C)C(=O)CSc2cccc[n+]2[O-])c(OC)c1. The number of amides is 1. The molecule has 0 aliphatic rings. The molecule has 2 aromatic rings. The average Bonchev–Trinajstić information content (AvgIpc) is 2.61. The second-order valence-corrected chi connectivity index (χ2v) is 6.08.